The highest BCUT2D eigenvalue weighted by Crippen LogP contribution is 2.31. The van der Waals surface area contributed by atoms with Crippen molar-refractivity contribution in [3.63, 3.8) is 0 Å². The molecular formula is C26H41N3O10. The van der Waals surface area contributed by atoms with Gasteiger partial charge >= 0.3 is 23.9 Å². The first kappa shape index (κ1) is 33.9. The lowest BCUT2D eigenvalue weighted by Crippen LogP contribution is -2.46. The van der Waals surface area contributed by atoms with Crippen LogP contribution in [0, 0.1) is 0 Å². The number of hydrogen-bond acceptors (Lipinski definition) is 11. The Morgan fingerprint density at radius 2 is 1.46 bits per heavy atom. The third-order valence-electron chi connectivity index (χ3n) is 5.66. The van der Waals surface area contributed by atoms with Crippen LogP contribution >= 0.6 is 0 Å². The number of carbonyl (C=O) groups is 4. The van der Waals surface area contributed by atoms with Crippen molar-refractivity contribution in [1.82, 2.24) is 0 Å². The number of esters is 4. The van der Waals surface area contributed by atoms with Crippen LogP contribution in [0.4, 0.5) is 0 Å². The molecule has 0 amide bonds. The third kappa shape index (κ3) is 15.1. The number of azide groups is 1. The number of carbonyl (C=O) groups excluding carboxylic acids is 4. The molecule has 0 bridgehead atoms. The van der Waals surface area contributed by atoms with Crippen LogP contribution in [0.15, 0.2) is 17.3 Å². The Balaban J connectivity index is 2.65. The first-order valence-electron chi connectivity index (χ1n) is 13.2. The van der Waals surface area contributed by atoms with E-state index in [1.807, 2.05) is 12.2 Å². The maximum atomic E-state index is 11.8. The Kier molecular flexibility index (Phi) is 17.2. The van der Waals surface area contributed by atoms with Gasteiger partial charge in [-0.25, -0.2) is 0 Å². The van der Waals surface area contributed by atoms with Crippen molar-refractivity contribution in [1.29, 1.82) is 0 Å². The maximum Gasteiger partial charge on any atom is 0.303 e. The van der Waals surface area contributed by atoms with E-state index in [1.165, 1.54) is 27.7 Å². The molecule has 1 rings (SSSR count). The van der Waals surface area contributed by atoms with Gasteiger partial charge in [0.1, 0.15) is 12.7 Å². The van der Waals surface area contributed by atoms with Crippen molar-refractivity contribution in [3.8, 4) is 0 Å². The Bertz CT molecular complexity index is 859. The molecule has 13 heteroatoms. The van der Waals surface area contributed by atoms with E-state index in [0.29, 0.717) is 6.54 Å². The van der Waals surface area contributed by atoms with Crippen LogP contribution in [0.5, 0.6) is 0 Å². The van der Waals surface area contributed by atoms with E-state index in [-0.39, 0.29) is 13.2 Å². The van der Waals surface area contributed by atoms with E-state index >= 15 is 0 Å². The minimum Gasteiger partial charge on any atom is -0.462 e. The maximum absolute atomic E-state index is 11.8. The molecule has 1 heterocycles. The lowest BCUT2D eigenvalue weighted by atomic mass is 10.1. The zero-order chi connectivity index (χ0) is 29.0. The molecule has 0 aromatic rings. The van der Waals surface area contributed by atoms with Gasteiger partial charge in [0.05, 0.1) is 6.61 Å². The zero-order valence-corrected chi connectivity index (χ0v) is 23.2. The van der Waals surface area contributed by atoms with Gasteiger partial charge in [-0.2, -0.15) is 0 Å². The molecule has 1 saturated heterocycles. The van der Waals surface area contributed by atoms with Crippen molar-refractivity contribution in [3.05, 3.63) is 22.6 Å². The Labute approximate surface area is 229 Å². The lowest BCUT2D eigenvalue weighted by molar-refractivity contribution is -0.196. The molecule has 0 aromatic carbocycles. The average molecular weight is 556 g/mol. The van der Waals surface area contributed by atoms with Crippen molar-refractivity contribution in [2.24, 2.45) is 5.11 Å². The van der Waals surface area contributed by atoms with Crippen LogP contribution in [0.2, 0.25) is 0 Å². The fourth-order valence-electron chi connectivity index (χ4n) is 4.04. The van der Waals surface area contributed by atoms with Crippen molar-refractivity contribution in [2.45, 2.75) is 110 Å². The first-order chi connectivity index (χ1) is 18.6. The second-order valence-corrected chi connectivity index (χ2v) is 9.09. The summed E-state index contributed by atoms with van der Waals surface area (Å²) in [6.45, 7) is 5.08. The molecule has 5 atom stereocenters. The van der Waals surface area contributed by atoms with Crippen LogP contribution in [-0.4, -0.2) is 74.3 Å². The molecule has 0 aliphatic carbocycles. The fourth-order valence-corrected chi connectivity index (χ4v) is 4.04. The Hall–Kier alpha value is -3.15. The third-order valence-corrected chi connectivity index (χ3v) is 5.66. The second kappa shape index (κ2) is 19.9. The van der Waals surface area contributed by atoms with Gasteiger partial charge in [0.25, 0.3) is 0 Å². The van der Waals surface area contributed by atoms with Gasteiger partial charge in [-0.05, 0) is 24.8 Å². The predicted octanol–water partition coefficient (Wildman–Crippen LogP) is 4.07. The molecule has 13 nitrogen and oxygen atoms in total. The molecule has 39 heavy (non-hydrogen) atoms. The van der Waals surface area contributed by atoms with Crippen LogP contribution in [0.1, 0.15) is 79.1 Å². The van der Waals surface area contributed by atoms with E-state index in [9.17, 15) is 19.2 Å². The minimum atomic E-state index is -1.17. The average Bonchev–Trinajstić information content (AvgIpc) is 3.17. The number of ether oxygens (including phenoxy) is 6. The molecule has 0 N–H and O–H groups in total. The molecule has 0 saturated carbocycles. The summed E-state index contributed by atoms with van der Waals surface area (Å²) in [4.78, 5) is 49.4. The van der Waals surface area contributed by atoms with E-state index in [2.05, 4.69) is 10.0 Å². The summed E-state index contributed by atoms with van der Waals surface area (Å²) < 4.78 is 32.7. The first-order valence-corrected chi connectivity index (χ1v) is 13.2. The van der Waals surface area contributed by atoms with E-state index in [1.54, 1.807) is 0 Å². The van der Waals surface area contributed by atoms with E-state index in [0.717, 1.165) is 51.4 Å². The molecule has 220 valence electrons. The van der Waals surface area contributed by atoms with Gasteiger partial charge in [-0.3, -0.25) is 19.2 Å². The van der Waals surface area contributed by atoms with Gasteiger partial charge < -0.3 is 28.4 Å². The van der Waals surface area contributed by atoms with Gasteiger partial charge in [-0.15, -0.1) is 0 Å². The molecule has 0 radical (unpaired) electrons. The topological polar surface area (TPSA) is 172 Å². The second-order valence-electron chi connectivity index (χ2n) is 9.09. The SMILES string of the molecule is CC(=O)OC[C@@H](OC(C)=O)[C@@H]1O[C@@H](OCC=CCCCCCCCCCN=[N+]=[N-])[C@H](OC(C)=O)[C@H]1OC(C)=O. The normalized spacial score (nSPS) is 21.1. The quantitative estimate of drug-likeness (QED) is 0.0430. The number of rotatable bonds is 19. The molecular weight excluding hydrogens is 514 g/mol. The highest BCUT2D eigenvalue weighted by molar-refractivity contribution is 5.68. The number of allylic oxidation sites excluding steroid dienone is 1. The van der Waals surface area contributed by atoms with Crippen LogP contribution in [0.3, 0.4) is 0 Å². The Morgan fingerprint density at radius 3 is 2.05 bits per heavy atom. The highest BCUT2D eigenvalue weighted by Gasteiger charge is 2.54. The van der Waals surface area contributed by atoms with Gasteiger partial charge in [0.15, 0.2) is 24.6 Å². The summed E-state index contributed by atoms with van der Waals surface area (Å²) in [6, 6.07) is 0. The molecule has 1 fully saturated rings. The molecule has 1 aliphatic rings. The smallest absolute Gasteiger partial charge is 0.303 e. The summed E-state index contributed by atoms with van der Waals surface area (Å²) in [5.74, 6) is -2.59. The Morgan fingerprint density at radius 1 is 0.846 bits per heavy atom. The van der Waals surface area contributed by atoms with E-state index < -0.39 is 54.6 Å². The van der Waals surface area contributed by atoms with Crippen molar-refractivity contribution in [2.75, 3.05) is 19.8 Å². The summed E-state index contributed by atoms with van der Waals surface area (Å²) in [6.07, 6.45) is 6.55. The summed E-state index contributed by atoms with van der Waals surface area (Å²) in [5, 5.41) is 3.53. The van der Waals surface area contributed by atoms with Crippen LogP contribution in [-0.2, 0) is 47.6 Å². The van der Waals surface area contributed by atoms with Crippen LogP contribution in [0.25, 0.3) is 10.4 Å². The summed E-state index contributed by atoms with van der Waals surface area (Å²) in [5.41, 5.74) is 8.25. The molecule has 1 aliphatic heterocycles. The zero-order valence-electron chi connectivity index (χ0n) is 23.2. The van der Waals surface area contributed by atoms with Gasteiger partial charge in [-0.1, -0.05) is 49.4 Å². The molecule has 0 spiro atoms. The van der Waals surface area contributed by atoms with Gasteiger partial charge in [0, 0.05) is 39.2 Å². The largest absolute Gasteiger partial charge is 0.462 e. The number of unbranched alkanes of at least 4 members (excludes halogenated alkanes) is 7. The van der Waals surface area contributed by atoms with Crippen LogP contribution < -0.4 is 0 Å². The summed E-state index contributed by atoms with van der Waals surface area (Å²) in [7, 11) is 0. The van der Waals surface area contributed by atoms with Crippen molar-refractivity contribution >= 4 is 23.9 Å². The number of hydrogen-bond donors (Lipinski definition) is 0. The molecule has 0 unspecified atom stereocenters. The molecule has 0 aromatic heterocycles. The fraction of sp³-hybridized carbons (Fsp3) is 0.769. The standard InChI is InChI=1S/C26H41N3O10/c1-18(30)35-17-22(36-19(2)31)23-24(37-20(3)32)25(38-21(4)33)26(39-23)34-16-14-12-10-8-6-5-7-9-11-13-15-28-29-27/h12,14,22-26H,5-11,13,15-17H2,1-4H3/t22-,23+,24+,25-,26-/m1/s1. The summed E-state index contributed by atoms with van der Waals surface area (Å²) >= 11 is 0. The highest BCUT2D eigenvalue weighted by atomic mass is 16.7. The minimum absolute atomic E-state index is 0.134. The van der Waals surface area contributed by atoms with Crippen molar-refractivity contribution < 1.29 is 47.6 Å². The number of nitrogens with zero attached hydrogens (tertiary/aromatic N) is 3. The lowest BCUT2D eigenvalue weighted by Gasteiger charge is -2.27. The van der Waals surface area contributed by atoms with E-state index in [4.69, 9.17) is 34.0 Å². The predicted molar refractivity (Wildman–Crippen MR) is 138 cm³/mol. The monoisotopic (exact) mass is 555 g/mol. The van der Waals surface area contributed by atoms with Gasteiger partial charge in [0.2, 0.25) is 0 Å².